The fourth-order valence-electron chi connectivity index (χ4n) is 1.51. The van der Waals surface area contributed by atoms with E-state index < -0.39 is 5.91 Å². The highest BCUT2D eigenvalue weighted by molar-refractivity contribution is 9.10. The van der Waals surface area contributed by atoms with Crippen LogP contribution in [0.2, 0.25) is 0 Å². The first-order valence-electron chi connectivity index (χ1n) is 5.78. The first-order chi connectivity index (χ1) is 9.69. The molecule has 2 aromatic rings. The number of carbonyl (C=O) groups excluding carboxylic acids is 1. The van der Waals surface area contributed by atoms with Gasteiger partial charge in [-0.15, -0.1) is 0 Å². The van der Waals surface area contributed by atoms with Gasteiger partial charge in [0.25, 0.3) is 5.91 Å². The van der Waals surface area contributed by atoms with Gasteiger partial charge in [0, 0.05) is 22.6 Å². The molecule has 0 bridgehead atoms. The molecule has 0 aliphatic heterocycles. The predicted octanol–water partition coefficient (Wildman–Crippen LogP) is 3.39. The average Bonchev–Trinajstić information content (AvgIpc) is 2.48. The van der Waals surface area contributed by atoms with Crippen molar-refractivity contribution >= 4 is 33.6 Å². The van der Waals surface area contributed by atoms with Crippen LogP contribution in [0.5, 0.6) is 0 Å². The molecule has 1 amide bonds. The molecule has 0 aliphatic carbocycles. The maximum absolute atomic E-state index is 12.0. The summed E-state index contributed by atoms with van der Waals surface area (Å²) < 4.78 is 0.918. The minimum atomic E-state index is -0.446. The number of benzene rings is 1. The Kier molecular flexibility index (Phi) is 4.64. The first kappa shape index (κ1) is 14.0. The molecule has 0 unspecified atom stereocenters. The Balaban J connectivity index is 2.16. The zero-order valence-corrected chi connectivity index (χ0v) is 12.0. The summed E-state index contributed by atoms with van der Waals surface area (Å²) in [5, 5.41) is 11.7. The van der Waals surface area contributed by atoms with Gasteiger partial charge in [0.2, 0.25) is 0 Å². The van der Waals surface area contributed by atoms with Crippen LogP contribution in [0.3, 0.4) is 0 Å². The van der Waals surface area contributed by atoms with Crippen LogP contribution in [0.25, 0.3) is 6.08 Å². The normalized spacial score (nSPS) is 10.7. The van der Waals surface area contributed by atoms with Crippen LogP contribution in [0.15, 0.2) is 58.8 Å². The van der Waals surface area contributed by atoms with E-state index in [4.69, 9.17) is 5.26 Å². The molecule has 0 atom stereocenters. The number of anilines is 1. The average molecular weight is 328 g/mol. The van der Waals surface area contributed by atoms with Crippen LogP contribution >= 0.6 is 15.9 Å². The Morgan fingerprint density at radius 3 is 2.65 bits per heavy atom. The van der Waals surface area contributed by atoms with Crippen molar-refractivity contribution in [3.05, 3.63) is 64.4 Å². The van der Waals surface area contributed by atoms with Crippen LogP contribution in [0, 0.1) is 11.3 Å². The number of hydrogen-bond acceptors (Lipinski definition) is 3. The van der Waals surface area contributed by atoms with Crippen LogP contribution in [-0.2, 0) is 4.79 Å². The molecule has 0 fully saturated rings. The summed E-state index contributed by atoms with van der Waals surface area (Å²) in [6, 6.07) is 12.5. The van der Waals surface area contributed by atoms with Crippen molar-refractivity contribution in [1.82, 2.24) is 4.98 Å². The van der Waals surface area contributed by atoms with Crippen LogP contribution in [0.4, 0.5) is 5.69 Å². The number of pyridine rings is 1. The van der Waals surface area contributed by atoms with E-state index in [0.717, 1.165) is 4.47 Å². The number of hydrogen-bond donors (Lipinski definition) is 1. The van der Waals surface area contributed by atoms with Gasteiger partial charge in [-0.05, 0) is 42.0 Å². The second kappa shape index (κ2) is 6.64. The lowest BCUT2D eigenvalue weighted by molar-refractivity contribution is -0.112. The molecule has 0 radical (unpaired) electrons. The van der Waals surface area contributed by atoms with E-state index in [0.29, 0.717) is 11.3 Å². The fourth-order valence-corrected chi connectivity index (χ4v) is 1.77. The number of aromatic nitrogens is 1. The number of nitrogens with one attached hydrogen (secondary N) is 1. The number of rotatable bonds is 3. The second-order valence-corrected chi connectivity index (χ2v) is 4.83. The molecule has 0 saturated heterocycles. The Bertz CT molecular complexity index is 673. The zero-order chi connectivity index (χ0) is 14.4. The molecule has 98 valence electrons. The van der Waals surface area contributed by atoms with Gasteiger partial charge in [-0.1, -0.05) is 22.0 Å². The van der Waals surface area contributed by atoms with E-state index in [-0.39, 0.29) is 5.57 Å². The summed E-state index contributed by atoms with van der Waals surface area (Å²) in [6.45, 7) is 0. The monoisotopic (exact) mass is 327 g/mol. The highest BCUT2D eigenvalue weighted by atomic mass is 79.9. The Morgan fingerprint density at radius 2 is 2.05 bits per heavy atom. The van der Waals surface area contributed by atoms with Crippen molar-refractivity contribution in [3.8, 4) is 6.07 Å². The first-order valence-corrected chi connectivity index (χ1v) is 6.57. The quantitative estimate of drug-likeness (QED) is 0.694. The Hall–Kier alpha value is -2.45. The minimum Gasteiger partial charge on any atom is -0.321 e. The van der Waals surface area contributed by atoms with Crippen molar-refractivity contribution < 1.29 is 4.79 Å². The standard InChI is InChI=1S/C15H10BrN3O/c16-13-3-5-14(6-4-13)19-15(20)12(9-17)8-11-2-1-7-18-10-11/h1-8,10H,(H,19,20)/b12-8-. The van der Waals surface area contributed by atoms with Gasteiger partial charge in [0.1, 0.15) is 11.6 Å². The highest BCUT2D eigenvalue weighted by Gasteiger charge is 2.09. The Labute approximate surface area is 124 Å². The molecule has 4 nitrogen and oxygen atoms in total. The zero-order valence-electron chi connectivity index (χ0n) is 10.4. The third-order valence-electron chi connectivity index (χ3n) is 2.46. The van der Waals surface area contributed by atoms with E-state index in [9.17, 15) is 4.79 Å². The topological polar surface area (TPSA) is 65.8 Å². The predicted molar refractivity (Wildman–Crippen MR) is 80.6 cm³/mol. The maximum atomic E-state index is 12.0. The molecule has 20 heavy (non-hydrogen) atoms. The van der Waals surface area contributed by atoms with Gasteiger partial charge in [0.15, 0.2) is 0 Å². The molecule has 5 heteroatoms. The fraction of sp³-hybridized carbons (Fsp3) is 0. The van der Waals surface area contributed by atoms with Crippen molar-refractivity contribution in [3.63, 3.8) is 0 Å². The Morgan fingerprint density at radius 1 is 1.30 bits per heavy atom. The number of amides is 1. The molecular formula is C15H10BrN3O. The van der Waals surface area contributed by atoms with Gasteiger partial charge in [-0.25, -0.2) is 0 Å². The van der Waals surface area contributed by atoms with Crippen LogP contribution < -0.4 is 5.32 Å². The van der Waals surface area contributed by atoms with Gasteiger partial charge in [-0.3, -0.25) is 9.78 Å². The smallest absolute Gasteiger partial charge is 0.266 e. The maximum Gasteiger partial charge on any atom is 0.266 e. The SMILES string of the molecule is N#C/C(=C/c1cccnc1)C(=O)Nc1ccc(Br)cc1. The molecule has 0 spiro atoms. The summed E-state index contributed by atoms with van der Waals surface area (Å²) in [6.07, 6.45) is 4.72. The van der Waals surface area contributed by atoms with Gasteiger partial charge < -0.3 is 5.32 Å². The number of nitriles is 1. The van der Waals surface area contributed by atoms with E-state index in [1.54, 1.807) is 36.7 Å². The van der Waals surface area contributed by atoms with E-state index >= 15 is 0 Å². The van der Waals surface area contributed by atoms with Gasteiger partial charge in [0.05, 0.1) is 0 Å². The van der Waals surface area contributed by atoms with Crippen molar-refractivity contribution in [2.75, 3.05) is 5.32 Å². The molecule has 1 aromatic carbocycles. The summed E-state index contributed by atoms with van der Waals surface area (Å²) in [4.78, 5) is 15.9. The molecule has 2 rings (SSSR count). The summed E-state index contributed by atoms with van der Waals surface area (Å²) in [5.41, 5.74) is 1.36. The summed E-state index contributed by atoms with van der Waals surface area (Å²) in [5.74, 6) is -0.446. The van der Waals surface area contributed by atoms with E-state index in [2.05, 4.69) is 26.2 Å². The molecule has 1 aromatic heterocycles. The van der Waals surface area contributed by atoms with Gasteiger partial charge >= 0.3 is 0 Å². The van der Waals surface area contributed by atoms with Crippen molar-refractivity contribution in [2.45, 2.75) is 0 Å². The highest BCUT2D eigenvalue weighted by Crippen LogP contribution is 2.15. The van der Waals surface area contributed by atoms with Crippen LogP contribution in [0.1, 0.15) is 5.56 Å². The number of nitrogens with zero attached hydrogens (tertiary/aromatic N) is 2. The van der Waals surface area contributed by atoms with Crippen molar-refractivity contribution in [1.29, 1.82) is 5.26 Å². The molecule has 1 heterocycles. The largest absolute Gasteiger partial charge is 0.321 e. The molecule has 0 aliphatic rings. The van der Waals surface area contributed by atoms with Crippen LogP contribution in [-0.4, -0.2) is 10.9 Å². The third kappa shape index (κ3) is 3.77. The lowest BCUT2D eigenvalue weighted by Crippen LogP contribution is -2.13. The number of halogens is 1. The summed E-state index contributed by atoms with van der Waals surface area (Å²) in [7, 11) is 0. The van der Waals surface area contributed by atoms with Crippen molar-refractivity contribution in [2.24, 2.45) is 0 Å². The lowest BCUT2D eigenvalue weighted by Gasteiger charge is -2.04. The molecule has 0 saturated carbocycles. The number of carbonyl (C=O) groups is 1. The van der Waals surface area contributed by atoms with Gasteiger partial charge in [-0.2, -0.15) is 5.26 Å². The minimum absolute atomic E-state index is 0.0286. The summed E-state index contributed by atoms with van der Waals surface area (Å²) >= 11 is 3.32. The van der Waals surface area contributed by atoms with E-state index in [1.807, 2.05) is 18.2 Å². The second-order valence-electron chi connectivity index (χ2n) is 3.92. The third-order valence-corrected chi connectivity index (χ3v) is 2.99. The molecular weight excluding hydrogens is 318 g/mol. The molecule has 1 N–H and O–H groups in total. The van der Waals surface area contributed by atoms with E-state index in [1.165, 1.54) is 6.08 Å². The lowest BCUT2D eigenvalue weighted by atomic mass is 10.1.